The number of hydrogen-bond acceptors (Lipinski definition) is 2. The number of nitrogens with zero attached hydrogens (tertiary/aromatic N) is 1. The van der Waals surface area contributed by atoms with Crippen LogP contribution in [-0.2, 0) is 11.2 Å². The quantitative estimate of drug-likeness (QED) is 0.876. The van der Waals surface area contributed by atoms with E-state index in [1.54, 1.807) is 19.1 Å². The summed E-state index contributed by atoms with van der Waals surface area (Å²) < 4.78 is 13.2. The first kappa shape index (κ1) is 16.9. The summed E-state index contributed by atoms with van der Waals surface area (Å²) in [4.78, 5) is 13.5. The van der Waals surface area contributed by atoms with E-state index < -0.39 is 0 Å². The molecule has 0 aromatic heterocycles. The number of nitrogens with one attached hydrogen (secondary N) is 1. The van der Waals surface area contributed by atoms with Crippen LogP contribution in [0.15, 0.2) is 24.3 Å². The predicted octanol–water partition coefficient (Wildman–Crippen LogP) is 2.99. The highest BCUT2D eigenvalue weighted by atomic mass is 19.1. The Labute approximate surface area is 132 Å². The van der Waals surface area contributed by atoms with Crippen LogP contribution in [0.4, 0.5) is 4.39 Å². The van der Waals surface area contributed by atoms with Crippen LogP contribution in [0.3, 0.4) is 0 Å². The Morgan fingerprint density at radius 3 is 3.05 bits per heavy atom. The number of likely N-dealkylation sites (tertiary alicyclic amines) is 1. The van der Waals surface area contributed by atoms with Crippen LogP contribution in [-0.4, -0.2) is 36.5 Å². The van der Waals surface area contributed by atoms with Gasteiger partial charge >= 0.3 is 0 Å². The zero-order valence-corrected chi connectivity index (χ0v) is 13.6. The van der Waals surface area contributed by atoms with E-state index in [4.69, 9.17) is 0 Å². The van der Waals surface area contributed by atoms with E-state index in [-0.39, 0.29) is 11.7 Å². The zero-order valence-electron chi connectivity index (χ0n) is 13.6. The molecule has 0 aliphatic carbocycles. The highest BCUT2D eigenvalue weighted by Crippen LogP contribution is 2.20. The second-order valence-corrected chi connectivity index (χ2v) is 6.46. The van der Waals surface area contributed by atoms with E-state index in [2.05, 4.69) is 17.1 Å². The van der Waals surface area contributed by atoms with E-state index in [1.807, 2.05) is 6.07 Å². The van der Waals surface area contributed by atoms with Gasteiger partial charge in [0.2, 0.25) is 5.91 Å². The summed E-state index contributed by atoms with van der Waals surface area (Å²) >= 11 is 0. The third kappa shape index (κ3) is 5.41. The molecule has 2 atom stereocenters. The lowest BCUT2D eigenvalue weighted by Crippen LogP contribution is -2.44. The molecule has 0 unspecified atom stereocenters. The van der Waals surface area contributed by atoms with Crippen molar-refractivity contribution in [1.82, 2.24) is 10.2 Å². The van der Waals surface area contributed by atoms with Gasteiger partial charge in [0, 0.05) is 26.1 Å². The Balaban J connectivity index is 1.78. The van der Waals surface area contributed by atoms with Gasteiger partial charge in [0.15, 0.2) is 0 Å². The van der Waals surface area contributed by atoms with Crippen molar-refractivity contribution in [3.8, 4) is 0 Å². The Hall–Kier alpha value is -1.42. The van der Waals surface area contributed by atoms with Crippen molar-refractivity contribution in [1.29, 1.82) is 0 Å². The zero-order chi connectivity index (χ0) is 15.9. The summed E-state index contributed by atoms with van der Waals surface area (Å²) in [5.41, 5.74) is 1.07. The number of carbonyl (C=O) groups is 1. The van der Waals surface area contributed by atoms with E-state index in [0.717, 1.165) is 38.0 Å². The highest BCUT2D eigenvalue weighted by Gasteiger charge is 2.23. The van der Waals surface area contributed by atoms with Crippen molar-refractivity contribution in [2.45, 2.75) is 45.6 Å². The molecule has 1 aromatic rings. The number of rotatable bonds is 6. The minimum atomic E-state index is -0.154. The van der Waals surface area contributed by atoms with Gasteiger partial charge in [-0.05, 0) is 62.8 Å². The van der Waals surface area contributed by atoms with E-state index in [9.17, 15) is 9.18 Å². The maximum atomic E-state index is 13.2. The number of aryl methyl sites for hydroxylation is 1. The summed E-state index contributed by atoms with van der Waals surface area (Å²) in [5, 5.41) is 2.93. The van der Waals surface area contributed by atoms with Crippen molar-refractivity contribution in [2.75, 3.05) is 19.6 Å². The van der Waals surface area contributed by atoms with Gasteiger partial charge < -0.3 is 10.2 Å². The average molecular weight is 306 g/mol. The fraction of sp³-hybridized carbons (Fsp3) is 0.611. The summed E-state index contributed by atoms with van der Waals surface area (Å²) in [7, 11) is 0. The third-order valence-electron chi connectivity index (χ3n) is 4.55. The van der Waals surface area contributed by atoms with Gasteiger partial charge in [0.1, 0.15) is 5.82 Å². The normalized spacial score (nSPS) is 20.6. The Morgan fingerprint density at radius 1 is 1.50 bits per heavy atom. The number of piperidine rings is 1. The monoisotopic (exact) mass is 306 g/mol. The standard InChI is InChI=1S/C18H27FN2O/c1-14(8-9-16-5-3-7-18(19)11-16)21-10-4-6-17(13-21)12-20-15(2)22/h3,5,7,11,14,17H,4,6,8-10,12-13H2,1-2H3,(H,20,22)/t14-,17-/m1/s1. The average Bonchev–Trinajstić information content (AvgIpc) is 2.51. The van der Waals surface area contributed by atoms with Crippen LogP contribution in [0.25, 0.3) is 0 Å². The van der Waals surface area contributed by atoms with E-state index in [1.165, 1.54) is 18.9 Å². The van der Waals surface area contributed by atoms with Crippen LogP contribution < -0.4 is 5.32 Å². The summed E-state index contributed by atoms with van der Waals surface area (Å²) in [6, 6.07) is 7.38. The summed E-state index contributed by atoms with van der Waals surface area (Å²) in [5.74, 6) is 0.448. The van der Waals surface area contributed by atoms with Crippen molar-refractivity contribution >= 4 is 5.91 Å². The number of carbonyl (C=O) groups excluding carboxylic acids is 1. The lowest BCUT2D eigenvalue weighted by Gasteiger charge is -2.37. The topological polar surface area (TPSA) is 32.3 Å². The van der Waals surface area contributed by atoms with E-state index >= 15 is 0 Å². The van der Waals surface area contributed by atoms with Crippen LogP contribution in [0.2, 0.25) is 0 Å². The maximum Gasteiger partial charge on any atom is 0.216 e. The first-order valence-corrected chi connectivity index (χ1v) is 8.27. The van der Waals surface area contributed by atoms with Gasteiger partial charge in [-0.2, -0.15) is 0 Å². The molecule has 0 bridgehead atoms. The van der Waals surface area contributed by atoms with Crippen LogP contribution in [0.1, 0.15) is 38.7 Å². The number of benzene rings is 1. The molecular formula is C18H27FN2O. The molecule has 22 heavy (non-hydrogen) atoms. The second-order valence-electron chi connectivity index (χ2n) is 6.46. The molecule has 1 heterocycles. The fourth-order valence-electron chi connectivity index (χ4n) is 3.20. The molecule has 0 saturated carbocycles. The Morgan fingerprint density at radius 2 is 2.32 bits per heavy atom. The third-order valence-corrected chi connectivity index (χ3v) is 4.55. The number of hydrogen-bond donors (Lipinski definition) is 1. The first-order chi connectivity index (χ1) is 10.5. The molecule has 1 fully saturated rings. The summed E-state index contributed by atoms with van der Waals surface area (Å²) in [6.45, 7) is 6.77. The van der Waals surface area contributed by atoms with Crippen LogP contribution in [0, 0.1) is 11.7 Å². The largest absolute Gasteiger partial charge is 0.356 e. The van der Waals surface area contributed by atoms with E-state index in [0.29, 0.717) is 12.0 Å². The molecule has 1 aliphatic heterocycles. The lowest BCUT2D eigenvalue weighted by molar-refractivity contribution is -0.119. The Bertz CT molecular complexity index is 492. The molecule has 122 valence electrons. The smallest absolute Gasteiger partial charge is 0.216 e. The van der Waals surface area contributed by atoms with Gasteiger partial charge in [0.25, 0.3) is 0 Å². The number of amides is 1. The minimum absolute atomic E-state index is 0.0521. The van der Waals surface area contributed by atoms with Crippen molar-refractivity contribution in [2.24, 2.45) is 5.92 Å². The van der Waals surface area contributed by atoms with Gasteiger partial charge in [-0.3, -0.25) is 4.79 Å². The number of halogens is 1. The molecular weight excluding hydrogens is 279 g/mol. The molecule has 1 aliphatic rings. The van der Waals surface area contributed by atoms with Crippen molar-refractivity contribution in [3.05, 3.63) is 35.6 Å². The first-order valence-electron chi connectivity index (χ1n) is 8.27. The lowest BCUT2D eigenvalue weighted by atomic mass is 9.95. The second kappa shape index (κ2) is 8.28. The van der Waals surface area contributed by atoms with Crippen molar-refractivity contribution < 1.29 is 9.18 Å². The molecule has 0 radical (unpaired) electrons. The van der Waals surface area contributed by atoms with Crippen LogP contribution in [0.5, 0.6) is 0 Å². The van der Waals surface area contributed by atoms with Gasteiger partial charge in [-0.25, -0.2) is 4.39 Å². The van der Waals surface area contributed by atoms with Crippen molar-refractivity contribution in [3.63, 3.8) is 0 Å². The molecule has 1 saturated heterocycles. The molecule has 1 aromatic carbocycles. The summed E-state index contributed by atoms with van der Waals surface area (Å²) in [6.07, 6.45) is 4.32. The molecule has 0 spiro atoms. The van der Waals surface area contributed by atoms with Gasteiger partial charge in [-0.15, -0.1) is 0 Å². The highest BCUT2D eigenvalue weighted by molar-refractivity contribution is 5.72. The SMILES string of the molecule is CC(=O)NC[C@H]1CCCN([C@H](C)CCc2cccc(F)c2)C1. The predicted molar refractivity (Wildman–Crippen MR) is 87.2 cm³/mol. The molecule has 1 amide bonds. The Kier molecular flexibility index (Phi) is 6.37. The maximum absolute atomic E-state index is 13.2. The molecule has 2 rings (SSSR count). The molecule has 3 nitrogen and oxygen atoms in total. The van der Waals surface area contributed by atoms with Gasteiger partial charge in [-0.1, -0.05) is 12.1 Å². The molecule has 1 N–H and O–H groups in total. The minimum Gasteiger partial charge on any atom is -0.356 e. The molecule has 4 heteroatoms. The fourth-order valence-corrected chi connectivity index (χ4v) is 3.20. The van der Waals surface area contributed by atoms with Crippen LogP contribution >= 0.6 is 0 Å². The van der Waals surface area contributed by atoms with Gasteiger partial charge in [0.05, 0.1) is 0 Å².